The van der Waals surface area contributed by atoms with Crippen LogP contribution in [0.15, 0.2) is 28.7 Å². The molecule has 1 aromatic carbocycles. The predicted molar refractivity (Wildman–Crippen MR) is 84.0 cm³/mol. The number of hydrogen-bond acceptors (Lipinski definition) is 4. The lowest BCUT2D eigenvalue weighted by Gasteiger charge is -2.14. The van der Waals surface area contributed by atoms with Crippen LogP contribution in [-0.2, 0) is 0 Å². The van der Waals surface area contributed by atoms with Crippen LogP contribution in [0.2, 0.25) is 0 Å². The Bertz CT molecular complexity index is 376. The molecule has 1 aromatic rings. The fourth-order valence-electron chi connectivity index (χ4n) is 1.74. The molecule has 114 valence electrons. The van der Waals surface area contributed by atoms with E-state index >= 15 is 0 Å². The second kappa shape index (κ2) is 10.2. The van der Waals surface area contributed by atoms with Gasteiger partial charge in [-0.1, -0.05) is 28.9 Å². The number of halogens is 1. The molecule has 0 saturated carbocycles. The molecule has 20 heavy (non-hydrogen) atoms. The fraction of sp³-hybridized carbons (Fsp3) is 0.600. The fourth-order valence-corrected chi connectivity index (χ4v) is 2.12. The van der Waals surface area contributed by atoms with Gasteiger partial charge in [0, 0.05) is 17.6 Å². The molecule has 4 nitrogen and oxygen atoms in total. The van der Waals surface area contributed by atoms with Crippen molar-refractivity contribution in [2.24, 2.45) is 5.92 Å². The van der Waals surface area contributed by atoms with Crippen LogP contribution < -0.4 is 10.1 Å². The highest BCUT2D eigenvalue weighted by atomic mass is 79.9. The largest absolute Gasteiger partial charge is 0.491 e. The predicted octanol–water partition coefficient (Wildman–Crippen LogP) is 2.19. The van der Waals surface area contributed by atoms with Gasteiger partial charge in [-0.15, -0.1) is 0 Å². The van der Waals surface area contributed by atoms with E-state index in [0.717, 1.165) is 29.6 Å². The third-order valence-electron chi connectivity index (χ3n) is 2.98. The Morgan fingerprint density at radius 3 is 2.90 bits per heavy atom. The van der Waals surface area contributed by atoms with E-state index in [4.69, 9.17) is 9.84 Å². The summed E-state index contributed by atoms with van der Waals surface area (Å²) >= 11 is 3.37. The molecule has 0 bridgehead atoms. The van der Waals surface area contributed by atoms with Crippen LogP contribution in [-0.4, -0.2) is 42.6 Å². The number of rotatable bonds is 10. The molecule has 0 aliphatic heterocycles. The van der Waals surface area contributed by atoms with Gasteiger partial charge >= 0.3 is 0 Å². The maximum atomic E-state index is 9.80. The summed E-state index contributed by atoms with van der Waals surface area (Å²) in [5.74, 6) is 1.09. The van der Waals surface area contributed by atoms with Crippen molar-refractivity contribution in [3.05, 3.63) is 28.7 Å². The van der Waals surface area contributed by atoms with Crippen LogP contribution in [0.5, 0.6) is 5.75 Å². The molecule has 0 saturated heterocycles. The second-order valence-corrected chi connectivity index (χ2v) is 5.97. The molecule has 0 heterocycles. The van der Waals surface area contributed by atoms with Gasteiger partial charge < -0.3 is 20.3 Å². The summed E-state index contributed by atoms with van der Waals surface area (Å²) in [6.45, 7) is 3.90. The highest BCUT2D eigenvalue weighted by Crippen LogP contribution is 2.17. The van der Waals surface area contributed by atoms with Gasteiger partial charge in [-0.3, -0.25) is 0 Å². The number of ether oxygens (including phenoxy) is 1. The molecule has 2 unspecified atom stereocenters. The lowest BCUT2D eigenvalue weighted by molar-refractivity contribution is 0.106. The van der Waals surface area contributed by atoms with Gasteiger partial charge in [-0.2, -0.15) is 0 Å². The van der Waals surface area contributed by atoms with E-state index in [1.54, 1.807) is 0 Å². The van der Waals surface area contributed by atoms with Gasteiger partial charge in [0.15, 0.2) is 0 Å². The minimum Gasteiger partial charge on any atom is -0.491 e. The monoisotopic (exact) mass is 345 g/mol. The van der Waals surface area contributed by atoms with Crippen LogP contribution in [0.3, 0.4) is 0 Å². The molecule has 2 atom stereocenters. The Balaban J connectivity index is 2.07. The average molecular weight is 346 g/mol. The first-order valence-corrected chi connectivity index (χ1v) is 7.79. The maximum absolute atomic E-state index is 9.80. The minimum atomic E-state index is -0.524. The van der Waals surface area contributed by atoms with Crippen molar-refractivity contribution in [1.29, 1.82) is 0 Å². The van der Waals surface area contributed by atoms with Gasteiger partial charge in [0.1, 0.15) is 18.5 Å². The van der Waals surface area contributed by atoms with Crippen LogP contribution in [0, 0.1) is 5.92 Å². The Morgan fingerprint density at radius 1 is 1.40 bits per heavy atom. The average Bonchev–Trinajstić information content (AvgIpc) is 2.44. The van der Waals surface area contributed by atoms with Crippen molar-refractivity contribution in [2.45, 2.75) is 25.9 Å². The molecule has 3 N–H and O–H groups in total. The van der Waals surface area contributed by atoms with Crippen LogP contribution in [0.25, 0.3) is 0 Å². The number of aliphatic hydroxyl groups is 2. The van der Waals surface area contributed by atoms with Gasteiger partial charge in [0.05, 0.1) is 0 Å². The van der Waals surface area contributed by atoms with Gasteiger partial charge in [-0.25, -0.2) is 0 Å². The topological polar surface area (TPSA) is 61.7 Å². The van der Waals surface area contributed by atoms with Gasteiger partial charge in [-0.05, 0) is 43.5 Å². The van der Waals surface area contributed by atoms with Crippen molar-refractivity contribution < 1.29 is 14.9 Å². The van der Waals surface area contributed by atoms with Crippen molar-refractivity contribution in [1.82, 2.24) is 5.32 Å². The summed E-state index contributed by atoms with van der Waals surface area (Å²) in [4.78, 5) is 0. The highest BCUT2D eigenvalue weighted by Gasteiger charge is 2.05. The van der Waals surface area contributed by atoms with E-state index in [-0.39, 0.29) is 13.2 Å². The molecule has 0 spiro atoms. The van der Waals surface area contributed by atoms with Crippen molar-refractivity contribution in [3.8, 4) is 5.75 Å². The third-order valence-corrected chi connectivity index (χ3v) is 3.47. The molecule has 0 aromatic heterocycles. The smallest absolute Gasteiger partial charge is 0.120 e. The summed E-state index contributed by atoms with van der Waals surface area (Å²) < 4.78 is 6.47. The summed E-state index contributed by atoms with van der Waals surface area (Å²) in [5.41, 5.74) is 0. The first-order chi connectivity index (χ1) is 9.61. The summed E-state index contributed by atoms with van der Waals surface area (Å²) in [6.07, 6.45) is 1.47. The molecular weight excluding hydrogens is 322 g/mol. The summed E-state index contributed by atoms with van der Waals surface area (Å²) in [7, 11) is 0. The molecule has 0 fully saturated rings. The third kappa shape index (κ3) is 7.85. The lowest BCUT2D eigenvalue weighted by Crippen LogP contribution is -2.32. The molecule has 0 radical (unpaired) electrons. The van der Waals surface area contributed by atoms with Crippen molar-refractivity contribution in [3.63, 3.8) is 0 Å². The first kappa shape index (κ1) is 17.4. The lowest BCUT2D eigenvalue weighted by atomic mass is 10.1. The van der Waals surface area contributed by atoms with Crippen LogP contribution >= 0.6 is 15.9 Å². The Kier molecular flexibility index (Phi) is 8.85. The minimum absolute atomic E-state index is 0.239. The zero-order valence-electron chi connectivity index (χ0n) is 11.9. The Morgan fingerprint density at radius 2 is 2.20 bits per heavy atom. The number of aliphatic hydroxyl groups excluding tert-OH is 2. The zero-order chi connectivity index (χ0) is 14.8. The number of benzene rings is 1. The van der Waals surface area contributed by atoms with E-state index in [1.807, 2.05) is 31.2 Å². The molecule has 0 amide bonds. The first-order valence-electron chi connectivity index (χ1n) is 7.00. The maximum Gasteiger partial charge on any atom is 0.120 e. The number of hydrogen-bond donors (Lipinski definition) is 3. The molecular formula is C15H24BrNO3. The molecule has 5 heteroatoms. The summed E-state index contributed by atoms with van der Waals surface area (Å²) in [6, 6.07) is 7.56. The van der Waals surface area contributed by atoms with E-state index in [0.29, 0.717) is 12.5 Å². The van der Waals surface area contributed by atoms with E-state index < -0.39 is 6.10 Å². The number of nitrogens with one attached hydrogen (secondary N) is 1. The Hall–Kier alpha value is -0.620. The van der Waals surface area contributed by atoms with E-state index in [1.165, 1.54) is 0 Å². The molecule has 0 aliphatic rings. The van der Waals surface area contributed by atoms with Crippen LogP contribution in [0.1, 0.15) is 19.8 Å². The zero-order valence-corrected chi connectivity index (χ0v) is 13.5. The molecule has 0 aliphatic carbocycles. The van der Waals surface area contributed by atoms with Crippen molar-refractivity contribution in [2.75, 3.05) is 26.3 Å². The Labute approximate surface area is 129 Å². The van der Waals surface area contributed by atoms with E-state index in [2.05, 4.69) is 21.2 Å². The van der Waals surface area contributed by atoms with Crippen LogP contribution in [0.4, 0.5) is 0 Å². The SMILES string of the molecule is CC(CO)CCCNCC(O)COc1cccc(Br)c1. The normalized spacial score (nSPS) is 14.0. The standard InChI is InChI=1S/C15H24BrNO3/c1-12(10-18)4-3-7-17-9-14(19)11-20-15-6-2-5-13(16)8-15/h2,5-6,8,12,14,17-19H,3-4,7,9-11H2,1H3. The highest BCUT2D eigenvalue weighted by molar-refractivity contribution is 9.10. The second-order valence-electron chi connectivity index (χ2n) is 5.06. The van der Waals surface area contributed by atoms with E-state index in [9.17, 15) is 5.11 Å². The van der Waals surface area contributed by atoms with Crippen molar-refractivity contribution >= 4 is 15.9 Å². The van der Waals surface area contributed by atoms with Gasteiger partial charge in [0.25, 0.3) is 0 Å². The molecule has 1 rings (SSSR count). The quantitative estimate of drug-likeness (QED) is 0.569. The van der Waals surface area contributed by atoms with Gasteiger partial charge in [0.2, 0.25) is 0 Å². The summed E-state index contributed by atoms with van der Waals surface area (Å²) in [5, 5.41) is 21.9.